The number of fused-ring (bicyclic) bond motifs is 1. The topological polar surface area (TPSA) is 81.7 Å². The van der Waals surface area contributed by atoms with E-state index in [2.05, 4.69) is 45.9 Å². The molecule has 1 amide bonds. The summed E-state index contributed by atoms with van der Waals surface area (Å²) in [5, 5.41) is 17.1. The van der Waals surface area contributed by atoms with Gasteiger partial charge in [0.25, 0.3) is 5.91 Å². The molecule has 1 fully saturated rings. The van der Waals surface area contributed by atoms with E-state index in [1.165, 1.54) is 11.8 Å². The van der Waals surface area contributed by atoms with Crippen molar-refractivity contribution in [2.45, 2.75) is 0 Å². The largest absolute Gasteiger partial charge is 0.478 e. The molecule has 4 aromatic rings. The van der Waals surface area contributed by atoms with Crippen LogP contribution in [-0.2, 0) is 4.79 Å². The number of benzene rings is 4. The van der Waals surface area contributed by atoms with Gasteiger partial charge in [0.05, 0.1) is 0 Å². The summed E-state index contributed by atoms with van der Waals surface area (Å²) in [5.41, 5.74) is 5.10. The van der Waals surface area contributed by atoms with Gasteiger partial charge in [-0.05, 0) is 69.9 Å². The maximum absolute atomic E-state index is 13.5. The average Bonchev–Trinajstić information content (AvgIpc) is 2.92. The number of nitrogens with one attached hydrogen (secondary N) is 2. The van der Waals surface area contributed by atoms with Gasteiger partial charge >= 0.3 is 5.97 Å². The Labute approximate surface area is 209 Å². The van der Waals surface area contributed by atoms with E-state index in [1.807, 2.05) is 30.3 Å². The lowest BCUT2D eigenvalue weighted by Crippen LogP contribution is -2.43. The van der Waals surface area contributed by atoms with E-state index in [4.69, 9.17) is 5.11 Å². The third kappa shape index (κ3) is 5.29. The van der Waals surface area contributed by atoms with Crippen molar-refractivity contribution in [3.8, 4) is 11.1 Å². The van der Waals surface area contributed by atoms with E-state index in [0.717, 1.165) is 54.2 Å². The van der Waals surface area contributed by atoms with Gasteiger partial charge < -0.3 is 20.6 Å². The summed E-state index contributed by atoms with van der Waals surface area (Å²) < 4.78 is 0. The van der Waals surface area contributed by atoms with E-state index in [9.17, 15) is 9.59 Å². The minimum absolute atomic E-state index is 0.217. The van der Waals surface area contributed by atoms with E-state index in [-0.39, 0.29) is 5.91 Å². The molecule has 0 radical (unpaired) electrons. The van der Waals surface area contributed by atoms with Gasteiger partial charge in [0.15, 0.2) is 0 Å². The monoisotopic (exact) mass is 477 g/mol. The molecule has 36 heavy (non-hydrogen) atoms. The molecule has 1 aliphatic heterocycles. The molecule has 0 bridgehead atoms. The Morgan fingerprint density at radius 1 is 0.861 bits per heavy atom. The molecule has 5 rings (SSSR count). The van der Waals surface area contributed by atoms with Crippen molar-refractivity contribution in [1.82, 2.24) is 5.32 Å². The van der Waals surface area contributed by atoms with Crippen LogP contribution >= 0.6 is 0 Å². The lowest BCUT2D eigenvalue weighted by Gasteiger charge is -2.29. The molecule has 4 aromatic carbocycles. The van der Waals surface area contributed by atoms with Gasteiger partial charge in [-0.1, -0.05) is 48.5 Å². The van der Waals surface area contributed by atoms with Crippen LogP contribution in [0.3, 0.4) is 0 Å². The summed E-state index contributed by atoms with van der Waals surface area (Å²) in [6.45, 7) is 3.88. The SMILES string of the molecule is O=C(O)C=Cc1cccc(NC(=O)c2cc(-c3cccc(N4CCNCC4)c3)cc3ccccc23)c1. The van der Waals surface area contributed by atoms with Crippen molar-refractivity contribution in [2.75, 3.05) is 36.4 Å². The number of carbonyl (C=O) groups is 2. The fourth-order valence-corrected chi connectivity index (χ4v) is 4.56. The molecule has 180 valence electrons. The van der Waals surface area contributed by atoms with Crippen molar-refractivity contribution >= 4 is 40.1 Å². The number of carboxylic acids is 1. The van der Waals surface area contributed by atoms with Crippen molar-refractivity contribution < 1.29 is 14.7 Å². The van der Waals surface area contributed by atoms with Crippen LogP contribution < -0.4 is 15.5 Å². The zero-order valence-electron chi connectivity index (χ0n) is 19.8. The number of carboxylic acid groups (broad SMARTS) is 1. The number of hydrogen-bond acceptors (Lipinski definition) is 4. The van der Waals surface area contributed by atoms with Crippen LogP contribution in [0.25, 0.3) is 28.0 Å². The smallest absolute Gasteiger partial charge is 0.328 e. The highest BCUT2D eigenvalue weighted by Gasteiger charge is 2.15. The van der Waals surface area contributed by atoms with Crippen LogP contribution in [0.4, 0.5) is 11.4 Å². The molecule has 0 aliphatic carbocycles. The summed E-state index contributed by atoms with van der Waals surface area (Å²) in [7, 11) is 0. The number of aliphatic carboxylic acids is 1. The zero-order chi connectivity index (χ0) is 24.9. The van der Waals surface area contributed by atoms with Crippen molar-refractivity contribution in [1.29, 1.82) is 0 Å². The highest BCUT2D eigenvalue weighted by Crippen LogP contribution is 2.31. The molecule has 1 aliphatic rings. The Bertz CT molecular complexity index is 1460. The zero-order valence-corrected chi connectivity index (χ0v) is 19.8. The first-order chi connectivity index (χ1) is 17.6. The van der Waals surface area contributed by atoms with E-state index in [1.54, 1.807) is 24.3 Å². The number of rotatable bonds is 6. The Hall–Kier alpha value is -4.42. The third-order valence-corrected chi connectivity index (χ3v) is 6.33. The lowest BCUT2D eigenvalue weighted by atomic mass is 9.96. The molecule has 0 aromatic heterocycles. The van der Waals surface area contributed by atoms with Gasteiger partial charge in [-0.2, -0.15) is 0 Å². The Morgan fingerprint density at radius 2 is 1.67 bits per heavy atom. The Morgan fingerprint density at radius 3 is 2.50 bits per heavy atom. The number of piperazine rings is 1. The van der Waals surface area contributed by atoms with E-state index < -0.39 is 5.97 Å². The second kappa shape index (κ2) is 10.5. The third-order valence-electron chi connectivity index (χ3n) is 6.33. The van der Waals surface area contributed by atoms with Crippen molar-refractivity contribution in [3.05, 3.63) is 102 Å². The number of nitrogens with zero attached hydrogens (tertiary/aromatic N) is 1. The fourth-order valence-electron chi connectivity index (χ4n) is 4.56. The lowest BCUT2D eigenvalue weighted by molar-refractivity contribution is -0.131. The first kappa shape index (κ1) is 23.3. The molecular formula is C30H27N3O3. The first-order valence-electron chi connectivity index (χ1n) is 12.0. The maximum atomic E-state index is 13.5. The molecule has 1 heterocycles. The normalized spacial score (nSPS) is 13.7. The quantitative estimate of drug-likeness (QED) is 0.330. The van der Waals surface area contributed by atoms with Crippen LogP contribution in [0.2, 0.25) is 0 Å². The predicted molar refractivity (Wildman–Crippen MR) is 146 cm³/mol. The van der Waals surface area contributed by atoms with E-state index >= 15 is 0 Å². The van der Waals surface area contributed by atoms with E-state index in [0.29, 0.717) is 16.8 Å². The Balaban J connectivity index is 1.49. The number of hydrogen-bond donors (Lipinski definition) is 3. The number of carbonyl (C=O) groups excluding carboxylic acids is 1. The summed E-state index contributed by atoms with van der Waals surface area (Å²) in [6.07, 6.45) is 2.58. The molecule has 6 heteroatoms. The number of anilines is 2. The molecule has 6 nitrogen and oxygen atoms in total. The molecule has 1 saturated heterocycles. The van der Waals surface area contributed by atoms with Gasteiger partial charge in [0, 0.05) is 49.2 Å². The maximum Gasteiger partial charge on any atom is 0.328 e. The van der Waals surface area contributed by atoms with Crippen LogP contribution in [0.15, 0.2) is 91.0 Å². The van der Waals surface area contributed by atoms with Gasteiger partial charge in [-0.3, -0.25) is 4.79 Å². The van der Waals surface area contributed by atoms with Gasteiger partial charge in [0.2, 0.25) is 0 Å². The molecule has 0 atom stereocenters. The molecular weight excluding hydrogens is 450 g/mol. The van der Waals surface area contributed by atoms with Crippen molar-refractivity contribution in [2.24, 2.45) is 0 Å². The summed E-state index contributed by atoms with van der Waals surface area (Å²) in [6, 6.07) is 27.5. The van der Waals surface area contributed by atoms with Crippen molar-refractivity contribution in [3.63, 3.8) is 0 Å². The van der Waals surface area contributed by atoms with Crippen LogP contribution in [-0.4, -0.2) is 43.2 Å². The fraction of sp³-hybridized carbons (Fsp3) is 0.133. The van der Waals surface area contributed by atoms with Crippen LogP contribution in [0.5, 0.6) is 0 Å². The van der Waals surface area contributed by atoms with Gasteiger partial charge in [0.1, 0.15) is 0 Å². The second-order valence-corrected chi connectivity index (χ2v) is 8.78. The van der Waals surface area contributed by atoms with Crippen LogP contribution in [0, 0.1) is 0 Å². The minimum Gasteiger partial charge on any atom is -0.478 e. The van der Waals surface area contributed by atoms with Crippen LogP contribution in [0.1, 0.15) is 15.9 Å². The molecule has 3 N–H and O–H groups in total. The average molecular weight is 478 g/mol. The first-order valence-corrected chi connectivity index (χ1v) is 12.0. The molecule has 0 unspecified atom stereocenters. The molecule has 0 saturated carbocycles. The summed E-state index contributed by atoms with van der Waals surface area (Å²) in [4.78, 5) is 26.7. The highest BCUT2D eigenvalue weighted by atomic mass is 16.4. The predicted octanol–water partition coefficient (Wildman–Crippen LogP) is 5.27. The Kier molecular flexibility index (Phi) is 6.78. The standard InChI is InChI=1S/C30H27N3O3/c34-29(35)12-11-21-5-3-8-25(17-21)32-30(36)28-20-24(18-23-6-1-2-10-27(23)28)22-7-4-9-26(19-22)33-15-13-31-14-16-33/h1-12,17-20,31H,13-16H2,(H,32,36)(H,34,35). The molecule has 0 spiro atoms. The highest BCUT2D eigenvalue weighted by molar-refractivity contribution is 6.14. The van der Waals surface area contributed by atoms with Gasteiger partial charge in [-0.15, -0.1) is 0 Å². The number of amides is 1. The summed E-state index contributed by atoms with van der Waals surface area (Å²) >= 11 is 0. The minimum atomic E-state index is -1.02. The second-order valence-electron chi connectivity index (χ2n) is 8.78. The summed E-state index contributed by atoms with van der Waals surface area (Å²) in [5.74, 6) is -1.24. The van der Waals surface area contributed by atoms with Gasteiger partial charge in [-0.25, -0.2) is 4.79 Å².